The number of hydrogen-bond donors (Lipinski definition) is 0. The Labute approximate surface area is 146 Å². The smallest absolute Gasteiger partial charge is 0.146 e. The molecule has 3 aromatic carbocycles. The van der Waals surface area contributed by atoms with E-state index in [1.807, 2.05) is 0 Å². The molecule has 5 aromatic rings. The van der Waals surface area contributed by atoms with E-state index in [0.29, 0.717) is 5.92 Å². The molecular formula is C23H20N2. The van der Waals surface area contributed by atoms with E-state index in [1.54, 1.807) is 0 Å². The minimum absolute atomic E-state index is 0.557. The number of imidazole rings is 1. The quantitative estimate of drug-likeness (QED) is 0.348. The number of aromatic nitrogens is 2. The monoisotopic (exact) mass is 324 g/mol. The first-order valence-electron chi connectivity index (χ1n) is 8.99. The topological polar surface area (TPSA) is 17.3 Å². The number of rotatable bonds is 2. The largest absolute Gasteiger partial charge is 0.292 e. The molecule has 0 aliphatic rings. The molecule has 0 fully saturated rings. The first-order chi connectivity index (χ1) is 12.3. The Morgan fingerprint density at radius 2 is 1.56 bits per heavy atom. The van der Waals surface area contributed by atoms with Gasteiger partial charge in [0.1, 0.15) is 5.65 Å². The van der Waals surface area contributed by atoms with Crippen molar-refractivity contribution in [1.29, 1.82) is 0 Å². The maximum Gasteiger partial charge on any atom is 0.146 e. The molecule has 0 saturated heterocycles. The Morgan fingerprint density at radius 3 is 2.36 bits per heavy atom. The van der Waals surface area contributed by atoms with E-state index in [2.05, 4.69) is 85.0 Å². The van der Waals surface area contributed by atoms with Crippen LogP contribution in [0.5, 0.6) is 0 Å². The lowest BCUT2D eigenvalue weighted by molar-refractivity contribution is 0.734. The van der Waals surface area contributed by atoms with Gasteiger partial charge < -0.3 is 0 Å². The highest BCUT2D eigenvalue weighted by Gasteiger charge is 2.14. The maximum absolute atomic E-state index is 4.98. The molecule has 0 amide bonds. The van der Waals surface area contributed by atoms with E-state index in [-0.39, 0.29) is 0 Å². The second-order valence-corrected chi connectivity index (χ2v) is 6.89. The van der Waals surface area contributed by atoms with Crippen molar-refractivity contribution in [2.24, 2.45) is 0 Å². The van der Waals surface area contributed by atoms with Crippen LogP contribution >= 0.6 is 0 Å². The summed E-state index contributed by atoms with van der Waals surface area (Å²) in [5, 5.41) is 3.75. The summed E-state index contributed by atoms with van der Waals surface area (Å²) in [5.41, 5.74) is 5.92. The van der Waals surface area contributed by atoms with Crippen LogP contribution in [0.1, 0.15) is 31.7 Å². The number of nitrogens with zero attached hydrogens (tertiary/aromatic N) is 2. The van der Waals surface area contributed by atoms with Crippen molar-refractivity contribution in [2.45, 2.75) is 26.2 Å². The number of pyridine rings is 1. The fourth-order valence-electron chi connectivity index (χ4n) is 3.87. The SMILES string of the molecule is CCC(C)c1ccc2nc3c4ccccc4c4ccccc4n3c2c1. The van der Waals surface area contributed by atoms with E-state index in [4.69, 9.17) is 4.98 Å². The summed E-state index contributed by atoms with van der Waals surface area (Å²) in [5.74, 6) is 0.557. The zero-order valence-electron chi connectivity index (χ0n) is 14.5. The lowest BCUT2D eigenvalue weighted by Gasteiger charge is -2.10. The minimum Gasteiger partial charge on any atom is -0.292 e. The van der Waals surface area contributed by atoms with E-state index >= 15 is 0 Å². The molecule has 1 unspecified atom stereocenters. The third kappa shape index (κ3) is 2.00. The van der Waals surface area contributed by atoms with Crippen molar-refractivity contribution < 1.29 is 0 Å². The van der Waals surface area contributed by atoms with Crippen LogP contribution < -0.4 is 0 Å². The van der Waals surface area contributed by atoms with Crippen molar-refractivity contribution in [2.75, 3.05) is 0 Å². The molecule has 5 rings (SSSR count). The fraction of sp³-hybridized carbons (Fsp3) is 0.174. The average Bonchev–Trinajstić information content (AvgIpc) is 3.06. The Morgan fingerprint density at radius 1 is 0.840 bits per heavy atom. The van der Waals surface area contributed by atoms with Crippen LogP contribution in [-0.4, -0.2) is 9.38 Å². The van der Waals surface area contributed by atoms with Crippen molar-refractivity contribution in [3.8, 4) is 0 Å². The van der Waals surface area contributed by atoms with Crippen molar-refractivity contribution in [3.63, 3.8) is 0 Å². The summed E-state index contributed by atoms with van der Waals surface area (Å²) < 4.78 is 2.33. The van der Waals surface area contributed by atoms with Gasteiger partial charge in [-0.3, -0.25) is 4.40 Å². The molecule has 2 nitrogen and oxygen atoms in total. The molecule has 2 heteroatoms. The van der Waals surface area contributed by atoms with E-state index < -0.39 is 0 Å². The van der Waals surface area contributed by atoms with Gasteiger partial charge in [-0.15, -0.1) is 0 Å². The summed E-state index contributed by atoms with van der Waals surface area (Å²) >= 11 is 0. The average molecular weight is 324 g/mol. The lowest BCUT2D eigenvalue weighted by Crippen LogP contribution is -1.93. The second kappa shape index (κ2) is 5.32. The summed E-state index contributed by atoms with van der Waals surface area (Å²) in [6, 6.07) is 23.9. The summed E-state index contributed by atoms with van der Waals surface area (Å²) in [6.45, 7) is 4.53. The van der Waals surface area contributed by atoms with Gasteiger partial charge >= 0.3 is 0 Å². The van der Waals surface area contributed by atoms with Gasteiger partial charge in [-0.25, -0.2) is 4.98 Å². The van der Waals surface area contributed by atoms with Gasteiger partial charge in [0.25, 0.3) is 0 Å². The van der Waals surface area contributed by atoms with Crippen LogP contribution in [0.15, 0.2) is 66.7 Å². The van der Waals surface area contributed by atoms with Gasteiger partial charge in [0.05, 0.1) is 16.6 Å². The number of para-hydroxylation sites is 1. The van der Waals surface area contributed by atoms with Crippen LogP contribution in [0.4, 0.5) is 0 Å². The van der Waals surface area contributed by atoms with Crippen LogP contribution in [0, 0.1) is 0 Å². The molecule has 0 N–H and O–H groups in total. The highest BCUT2D eigenvalue weighted by molar-refractivity contribution is 6.13. The zero-order valence-corrected chi connectivity index (χ0v) is 14.5. The van der Waals surface area contributed by atoms with Gasteiger partial charge in [0.2, 0.25) is 0 Å². The first-order valence-corrected chi connectivity index (χ1v) is 8.99. The summed E-state index contributed by atoms with van der Waals surface area (Å²) in [7, 11) is 0. The highest BCUT2D eigenvalue weighted by atomic mass is 15.0. The Kier molecular flexibility index (Phi) is 3.08. The molecule has 0 saturated carbocycles. The van der Waals surface area contributed by atoms with Crippen LogP contribution in [0.3, 0.4) is 0 Å². The Hall–Kier alpha value is -2.87. The van der Waals surface area contributed by atoms with Gasteiger partial charge in [0.15, 0.2) is 0 Å². The minimum atomic E-state index is 0.557. The molecule has 0 bridgehead atoms. The first kappa shape index (κ1) is 14.5. The summed E-state index contributed by atoms with van der Waals surface area (Å²) in [6.07, 6.45) is 1.14. The molecule has 0 aliphatic carbocycles. The van der Waals surface area contributed by atoms with Gasteiger partial charge in [-0.2, -0.15) is 0 Å². The molecule has 0 radical (unpaired) electrons. The maximum atomic E-state index is 4.98. The van der Waals surface area contributed by atoms with Crippen molar-refractivity contribution >= 4 is 38.4 Å². The van der Waals surface area contributed by atoms with Crippen molar-refractivity contribution in [3.05, 3.63) is 72.3 Å². The molecular weight excluding hydrogens is 304 g/mol. The number of fused-ring (bicyclic) bond motifs is 8. The third-order valence-electron chi connectivity index (χ3n) is 5.46. The van der Waals surface area contributed by atoms with E-state index in [9.17, 15) is 0 Å². The molecule has 2 aromatic heterocycles. The fourth-order valence-corrected chi connectivity index (χ4v) is 3.87. The molecule has 0 aliphatic heterocycles. The predicted octanol–water partition coefficient (Wildman–Crippen LogP) is 6.31. The standard InChI is InChI=1S/C23H20N2/c1-3-15(2)16-12-13-20-22(14-16)25-21-11-7-6-9-18(21)17-8-4-5-10-19(17)23(25)24-20/h4-15H,3H2,1-2H3. The number of benzene rings is 3. The molecule has 1 atom stereocenters. The van der Waals surface area contributed by atoms with E-state index in [1.165, 1.54) is 32.8 Å². The molecule has 122 valence electrons. The van der Waals surface area contributed by atoms with E-state index in [0.717, 1.165) is 17.6 Å². The normalized spacial score (nSPS) is 13.2. The van der Waals surface area contributed by atoms with Gasteiger partial charge in [-0.05, 0) is 41.5 Å². The summed E-state index contributed by atoms with van der Waals surface area (Å²) in [4.78, 5) is 4.98. The molecule has 0 spiro atoms. The zero-order chi connectivity index (χ0) is 17.0. The van der Waals surface area contributed by atoms with Gasteiger partial charge in [0, 0.05) is 10.8 Å². The van der Waals surface area contributed by atoms with Crippen LogP contribution in [-0.2, 0) is 0 Å². The Bertz CT molecular complexity index is 1250. The lowest BCUT2D eigenvalue weighted by atomic mass is 9.98. The predicted molar refractivity (Wildman–Crippen MR) is 106 cm³/mol. The number of hydrogen-bond acceptors (Lipinski definition) is 1. The molecule has 2 heterocycles. The van der Waals surface area contributed by atoms with Gasteiger partial charge in [-0.1, -0.05) is 62.4 Å². The third-order valence-corrected chi connectivity index (χ3v) is 5.46. The van der Waals surface area contributed by atoms with Crippen LogP contribution in [0.25, 0.3) is 38.4 Å². The highest BCUT2D eigenvalue weighted by Crippen LogP contribution is 2.33. The van der Waals surface area contributed by atoms with Crippen LogP contribution in [0.2, 0.25) is 0 Å². The molecule has 25 heavy (non-hydrogen) atoms. The second-order valence-electron chi connectivity index (χ2n) is 6.89. The Balaban J connectivity index is 2.04. The van der Waals surface area contributed by atoms with Crippen molar-refractivity contribution in [1.82, 2.24) is 9.38 Å².